The lowest BCUT2D eigenvalue weighted by Gasteiger charge is -2.35. The molecule has 2 amide bonds. The highest BCUT2D eigenvalue weighted by Crippen LogP contribution is 2.38. The normalized spacial score (nSPS) is 13.9. The molecule has 2 heterocycles. The summed E-state index contributed by atoms with van der Waals surface area (Å²) in [4.78, 5) is 32.2. The molecule has 3 N–H and O–H groups in total. The Balaban J connectivity index is 1.56. The van der Waals surface area contributed by atoms with Gasteiger partial charge in [0.1, 0.15) is 29.3 Å². The lowest BCUT2D eigenvalue weighted by Crippen LogP contribution is -2.50. The highest BCUT2D eigenvalue weighted by Gasteiger charge is 2.38. The number of imidazole rings is 1. The van der Waals surface area contributed by atoms with Crippen LogP contribution >= 0.6 is 0 Å². The van der Waals surface area contributed by atoms with E-state index in [2.05, 4.69) is 22.9 Å². The fraction of sp³-hybridized carbons (Fsp3) is 0.378. The maximum atomic E-state index is 15.1. The highest BCUT2D eigenvalue weighted by atomic mass is 19.1. The lowest BCUT2D eigenvalue weighted by atomic mass is 9.80. The van der Waals surface area contributed by atoms with Gasteiger partial charge in [-0.15, -0.1) is 0 Å². The Morgan fingerprint density at radius 1 is 1.04 bits per heavy atom. The number of amides is 2. The number of rotatable bonds is 15. The van der Waals surface area contributed by atoms with Gasteiger partial charge in [-0.1, -0.05) is 76.1 Å². The predicted molar refractivity (Wildman–Crippen MR) is 178 cm³/mol. The largest absolute Gasteiger partial charge is 0.487 e. The predicted octanol–water partition coefficient (Wildman–Crippen LogP) is 6.42. The zero-order chi connectivity index (χ0) is 33.4. The second kappa shape index (κ2) is 15.3. The third-order valence-electron chi connectivity index (χ3n) is 8.41. The molecule has 0 saturated carbocycles. The van der Waals surface area contributed by atoms with Crippen LogP contribution in [0.15, 0.2) is 79.0 Å². The molecule has 47 heavy (non-hydrogen) atoms. The zero-order valence-electron chi connectivity index (χ0n) is 27.2. The third kappa shape index (κ3) is 8.62. The van der Waals surface area contributed by atoms with Gasteiger partial charge in [-0.3, -0.25) is 9.59 Å². The number of unbranched alkanes of at least 4 members (excludes halogenated alkanes) is 2. The van der Waals surface area contributed by atoms with Gasteiger partial charge in [-0.05, 0) is 42.3 Å². The average molecular weight is 644 g/mol. The van der Waals surface area contributed by atoms with Crippen molar-refractivity contribution in [1.82, 2.24) is 25.5 Å². The smallest absolute Gasteiger partial charge is 0.255 e. The number of hydrogen-bond donors (Lipinski definition) is 3. The molecule has 0 aliphatic carbocycles. The van der Waals surface area contributed by atoms with Crippen LogP contribution in [0.2, 0.25) is 0 Å². The molecule has 1 saturated heterocycles. The molecule has 5 rings (SSSR count). The minimum absolute atomic E-state index is 0.00228. The van der Waals surface area contributed by atoms with Crippen molar-refractivity contribution in [1.29, 1.82) is 0 Å². The van der Waals surface area contributed by atoms with E-state index < -0.39 is 29.0 Å². The van der Waals surface area contributed by atoms with Gasteiger partial charge < -0.3 is 25.3 Å². The minimum atomic E-state index is -0.865. The molecule has 1 fully saturated rings. The van der Waals surface area contributed by atoms with E-state index in [1.807, 2.05) is 54.8 Å². The number of carbonyl (C=O) groups excluding carboxylic acids is 2. The first-order valence-corrected chi connectivity index (χ1v) is 16.2. The third-order valence-corrected chi connectivity index (χ3v) is 8.41. The number of nitrogens with one attached hydrogen (secondary N) is 3. The van der Waals surface area contributed by atoms with Gasteiger partial charge in [0.05, 0.1) is 17.3 Å². The molecule has 1 aliphatic heterocycles. The molecular weight excluding hydrogens is 600 g/mol. The number of aromatic nitrogens is 2. The number of benzene rings is 3. The first-order valence-electron chi connectivity index (χ1n) is 16.2. The van der Waals surface area contributed by atoms with Gasteiger partial charge in [-0.2, -0.15) is 0 Å². The molecule has 1 aliphatic rings. The summed E-state index contributed by atoms with van der Waals surface area (Å²) in [6.45, 7) is 8.19. The van der Waals surface area contributed by atoms with Crippen molar-refractivity contribution in [3.05, 3.63) is 108 Å². The van der Waals surface area contributed by atoms with E-state index >= 15 is 4.39 Å². The molecule has 1 atom stereocenters. The van der Waals surface area contributed by atoms with Gasteiger partial charge in [0.2, 0.25) is 5.91 Å². The molecule has 1 unspecified atom stereocenters. The monoisotopic (exact) mass is 643 g/mol. The molecular formula is C37H43F2N5O3. The van der Waals surface area contributed by atoms with Crippen LogP contribution in [0.25, 0.3) is 11.3 Å². The van der Waals surface area contributed by atoms with Crippen molar-refractivity contribution in [3.8, 4) is 17.0 Å². The van der Waals surface area contributed by atoms with Crippen molar-refractivity contribution < 1.29 is 23.1 Å². The molecule has 8 nitrogen and oxygen atoms in total. The van der Waals surface area contributed by atoms with Crippen molar-refractivity contribution >= 4 is 11.8 Å². The van der Waals surface area contributed by atoms with E-state index in [0.717, 1.165) is 43.0 Å². The molecule has 1 aromatic heterocycles. The van der Waals surface area contributed by atoms with Crippen LogP contribution in [0, 0.1) is 17.0 Å². The molecule has 248 valence electrons. The number of ether oxygens (including phenoxy) is 1. The van der Waals surface area contributed by atoms with Gasteiger partial charge in [-0.25, -0.2) is 13.8 Å². The summed E-state index contributed by atoms with van der Waals surface area (Å²) in [5.41, 5.74) is 0.648. The fourth-order valence-corrected chi connectivity index (χ4v) is 5.67. The molecule has 3 aromatic carbocycles. The summed E-state index contributed by atoms with van der Waals surface area (Å²) in [5.74, 6) is -0.900. The Hall–Kier alpha value is -4.57. The maximum absolute atomic E-state index is 15.1. The van der Waals surface area contributed by atoms with Gasteiger partial charge >= 0.3 is 0 Å². The Kier molecular flexibility index (Phi) is 11.0. The Morgan fingerprint density at radius 3 is 2.51 bits per heavy atom. The number of hydrogen-bond acceptors (Lipinski definition) is 5. The van der Waals surface area contributed by atoms with Crippen LogP contribution in [0.3, 0.4) is 0 Å². The van der Waals surface area contributed by atoms with Crippen LogP contribution in [0.4, 0.5) is 8.78 Å². The molecule has 10 heteroatoms. The van der Waals surface area contributed by atoms with Crippen LogP contribution in [-0.2, 0) is 11.3 Å². The summed E-state index contributed by atoms with van der Waals surface area (Å²) >= 11 is 0. The standard InChI is InChI=1S/C37H43F2N5O3/c1-4-5-11-18-41-33(45)20-37(2,3)34(43-36(46)28-14-9-10-15-32(28)47-27-21-40-22-27)35-42-31(29-19-26(38)16-17-30(29)39)24-44(35)23-25-12-7-6-8-13-25/h6-10,12-17,19,24,27,34,40H,4-5,11,18,20-23H2,1-3H3,(H,41,45)(H,43,46). The fourth-order valence-electron chi connectivity index (χ4n) is 5.67. The summed E-state index contributed by atoms with van der Waals surface area (Å²) in [5, 5.41) is 9.35. The summed E-state index contributed by atoms with van der Waals surface area (Å²) < 4.78 is 37.3. The highest BCUT2D eigenvalue weighted by molar-refractivity contribution is 5.97. The Morgan fingerprint density at radius 2 is 1.79 bits per heavy atom. The zero-order valence-corrected chi connectivity index (χ0v) is 27.2. The summed E-state index contributed by atoms with van der Waals surface area (Å²) in [7, 11) is 0. The van der Waals surface area contributed by atoms with Gasteiger partial charge in [0.25, 0.3) is 5.91 Å². The topological polar surface area (TPSA) is 97.3 Å². The van der Waals surface area contributed by atoms with E-state index in [9.17, 15) is 14.0 Å². The van der Waals surface area contributed by atoms with Crippen molar-refractivity contribution in [3.63, 3.8) is 0 Å². The molecule has 0 bridgehead atoms. The second-order valence-electron chi connectivity index (χ2n) is 12.7. The number of carbonyl (C=O) groups is 2. The van der Waals surface area contributed by atoms with Crippen molar-refractivity contribution in [2.45, 2.75) is 65.1 Å². The van der Waals surface area contributed by atoms with E-state index in [0.29, 0.717) is 43.3 Å². The summed E-state index contributed by atoms with van der Waals surface area (Å²) in [6, 6.07) is 19.1. The molecule has 4 aromatic rings. The van der Waals surface area contributed by atoms with Gasteiger partial charge in [0, 0.05) is 49.8 Å². The van der Waals surface area contributed by atoms with Crippen LogP contribution in [0.5, 0.6) is 5.75 Å². The lowest BCUT2D eigenvalue weighted by molar-refractivity contribution is -0.123. The van der Waals surface area contributed by atoms with E-state index in [-0.39, 0.29) is 29.7 Å². The Labute approximate surface area is 274 Å². The average Bonchev–Trinajstić information content (AvgIpc) is 3.44. The maximum Gasteiger partial charge on any atom is 0.255 e. The number of para-hydroxylation sites is 1. The van der Waals surface area contributed by atoms with E-state index in [1.165, 1.54) is 0 Å². The van der Waals surface area contributed by atoms with Crippen LogP contribution in [-0.4, -0.2) is 47.1 Å². The van der Waals surface area contributed by atoms with Crippen LogP contribution in [0.1, 0.15) is 74.2 Å². The molecule has 0 spiro atoms. The number of nitrogens with zero attached hydrogens (tertiary/aromatic N) is 2. The first-order chi connectivity index (χ1) is 22.6. The van der Waals surface area contributed by atoms with Crippen molar-refractivity contribution in [2.75, 3.05) is 19.6 Å². The van der Waals surface area contributed by atoms with E-state index in [1.54, 1.807) is 24.4 Å². The van der Waals surface area contributed by atoms with Gasteiger partial charge in [0.15, 0.2) is 0 Å². The molecule has 0 radical (unpaired) electrons. The SMILES string of the molecule is CCCCCNC(=O)CC(C)(C)C(NC(=O)c1ccccc1OC1CNC1)c1nc(-c2cc(F)ccc2F)cn1Cc1ccccc1. The Bertz CT molecular complexity index is 1670. The summed E-state index contributed by atoms with van der Waals surface area (Å²) in [6.07, 6.45) is 4.63. The quantitative estimate of drug-likeness (QED) is 0.130. The first kappa shape index (κ1) is 33.8. The van der Waals surface area contributed by atoms with Crippen LogP contribution < -0.4 is 20.7 Å². The number of halogens is 2. The minimum Gasteiger partial charge on any atom is -0.487 e. The second-order valence-corrected chi connectivity index (χ2v) is 12.7. The van der Waals surface area contributed by atoms with Crippen molar-refractivity contribution in [2.24, 2.45) is 5.41 Å². The van der Waals surface area contributed by atoms with E-state index in [4.69, 9.17) is 9.72 Å².